The van der Waals surface area contributed by atoms with Gasteiger partial charge in [-0.3, -0.25) is 0 Å². The highest BCUT2D eigenvalue weighted by Gasteiger charge is 2.20. The van der Waals surface area contributed by atoms with Crippen molar-refractivity contribution in [2.24, 2.45) is 7.05 Å². The van der Waals surface area contributed by atoms with Crippen LogP contribution in [-0.4, -0.2) is 9.55 Å². The average Bonchev–Trinajstić information content (AvgIpc) is 3.02. The number of para-hydroxylation sites is 2. The Morgan fingerprint density at radius 1 is 0.750 bits per heavy atom. The molecular formula is C26H24N2. The lowest BCUT2D eigenvalue weighted by atomic mass is 9.92. The van der Waals surface area contributed by atoms with E-state index in [2.05, 4.69) is 93.9 Å². The van der Waals surface area contributed by atoms with Crippen LogP contribution < -0.4 is 0 Å². The van der Waals surface area contributed by atoms with Crippen LogP contribution in [0.15, 0.2) is 54.6 Å². The Morgan fingerprint density at radius 2 is 1.43 bits per heavy atom. The summed E-state index contributed by atoms with van der Waals surface area (Å²) in [4.78, 5) is 5.18. The molecular weight excluding hydrogens is 340 g/mol. The molecule has 138 valence electrons. The number of rotatable bonds is 1. The van der Waals surface area contributed by atoms with Crippen LogP contribution in [0.1, 0.15) is 22.3 Å². The highest BCUT2D eigenvalue weighted by Crippen LogP contribution is 2.40. The van der Waals surface area contributed by atoms with Gasteiger partial charge in [-0.2, -0.15) is 0 Å². The molecule has 5 aromatic rings. The summed E-state index contributed by atoms with van der Waals surface area (Å²) >= 11 is 0. The van der Waals surface area contributed by atoms with Crippen LogP contribution in [0.25, 0.3) is 44.0 Å². The van der Waals surface area contributed by atoms with Gasteiger partial charge in [-0.25, -0.2) is 4.98 Å². The van der Waals surface area contributed by atoms with Crippen molar-refractivity contribution in [3.8, 4) is 11.3 Å². The van der Waals surface area contributed by atoms with Crippen molar-refractivity contribution < 1.29 is 0 Å². The molecule has 2 aromatic heterocycles. The number of benzene rings is 3. The second-order valence-corrected chi connectivity index (χ2v) is 7.89. The Hall–Kier alpha value is -3.13. The SMILES string of the molecule is Cc1cc(-c2nc3ccccc3c3c4ccccc4n(C)c23)c(C)c(C)c1C. The molecule has 0 aliphatic heterocycles. The minimum Gasteiger partial charge on any atom is -0.342 e. The minimum absolute atomic E-state index is 1.05. The van der Waals surface area contributed by atoms with E-state index in [4.69, 9.17) is 4.98 Å². The van der Waals surface area contributed by atoms with Gasteiger partial charge in [0.25, 0.3) is 0 Å². The quantitative estimate of drug-likeness (QED) is 0.320. The Balaban J connectivity index is 2.06. The van der Waals surface area contributed by atoms with E-state index in [1.807, 2.05) is 0 Å². The fourth-order valence-corrected chi connectivity index (χ4v) is 4.54. The maximum absolute atomic E-state index is 5.18. The molecule has 0 saturated heterocycles. The number of hydrogen-bond acceptors (Lipinski definition) is 1. The van der Waals surface area contributed by atoms with Gasteiger partial charge in [0.05, 0.1) is 16.7 Å². The number of nitrogens with zero attached hydrogens (tertiary/aromatic N) is 2. The molecule has 2 nitrogen and oxygen atoms in total. The zero-order chi connectivity index (χ0) is 19.6. The van der Waals surface area contributed by atoms with E-state index in [9.17, 15) is 0 Å². The van der Waals surface area contributed by atoms with Crippen molar-refractivity contribution in [2.75, 3.05) is 0 Å². The Bertz CT molecular complexity index is 1400. The molecule has 0 atom stereocenters. The van der Waals surface area contributed by atoms with Crippen LogP contribution in [-0.2, 0) is 7.05 Å². The molecule has 0 aliphatic carbocycles. The molecule has 0 radical (unpaired) electrons. The second-order valence-electron chi connectivity index (χ2n) is 7.89. The molecule has 2 heterocycles. The molecule has 0 aliphatic rings. The monoisotopic (exact) mass is 364 g/mol. The standard InChI is InChI=1S/C26H24N2/c1-15-14-21(18(4)17(3)16(15)2)25-26-24(19-10-6-8-12-22(19)27-25)20-11-7-9-13-23(20)28(26)5/h6-14H,1-5H3. The van der Waals surface area contributed by atoms with E-state index < -0.39 is 0 Å². The molecule has 0 spiro atoms. The van der Waals surface area contributed by atoms with Crippen molar-refractivity contribution in [1.29, 1.82) is 0 Å². The molecule has 2 heteroatoms. The van der Waals surface area contributed by atoms with Crippen LogP contribution in [0, 0.1) is 27.7 Å². The summed E-state index contributed by atoms with van der Waals surface area (Å²) in [5.41, 5.74) is 11.2. The first-order chi connectivity index (χ1) is 13.5. The van der Waals surface area contributed by atoms with Gasteiger partial charge in [0.15, 0.2) is 0 Å². The van der Waals surface area contributed by atoms with Crippen LogP contribution in [0.4, 0.5) is 0 Å². The molecule has 5 rings (SSSR count). The molecule has 0 unspecified atom stereocenters. The third kappa shape index (κ3) is 2.18. The Morgan fingerprint density at radius 3 is 2.21 bits per heavy atom. The van der Waals surface area contributed by atoms with E-state index in [1.165, 1.54) is 55.0 Å². The number of fused-ring (bicyclic) bond motifs is 5. The summed E-state index contributed by atoms with van der Waals surface area (Å²) in [5, 5.41) is 3.81. The average molecular weight is 364 g/mol. The zero-order valence-electron chi connectivity index (χ0n) is 17.1. The van der Waals surface area contributed by atoms with Crippen molar-refractivity contribution in [1.82, 2.24) is 9.55 Å². The topological polar surface area (TPSA) is 17.8 Å². The zero-order valence-corrected chi connectivity index (χ0v) is 17.1. The highest BCUT2D eigenvalue weighted by molar-refractivity contribution is 6.22. The maximum atomic E-state index is 5.18. The summed E-state index contributed by atoms with van der Waals surface area (Å²) in [6.07, 6.45) is 0. The normalized spacial score (nSPS) is 11.8. The first kappa shape index (κ1) is 17.0. The summed E-state index contributed by atoms with van der Waals surface area (Å²) < 4.78 is 2.31. The van der Waals surface area contributed by atoms with E-state index in [0.29, 0.717) is 0 Å². The van der Waals surface area contributed by atoms with Crippen LogP contribution in [0.5, 0.6) is 0 Å². The Labute approximate surface area is 165 Å². The number of aryl methyl sites for hydroxylation is 2. The number of pyridine rings is 1. The van der Waals surface area contributed by atoms with E-state index in [-0.39, 0.29) is 0 Å². The van der Waals surface area contributed by atoms with E-state index in [1.54, 1.807) is 0 Å². The van der Waals surface area contributed by atoms with Gasteiger partial charge in [0.1, 0.15) is 0 Å². The van der Waals surface area contributed by atoms with Crippen LogP contribution in [0.3, 0.4) is 0 Å². The summed E-state index contributed by atoms with van der Waals surface area (Å²) in [5.74, 6) is 0. The van der Waals surface area contributed by atoms with Crippen LogP contribution in [0.2, 0.25) is 0 Å². The van der Waals surface area contributed by atoms with Gasteiger partial charge in [0, 0.05) is 34.3 Å². The van der Waals surface area contributed by atoms with Crippen molar-refractivity contribution in [3.05, 3.63) is 76.9 Å². The van der Waals surface area contributed by atoms with Gasteiger partial charge in [-0.1, -0.05) is 36.4 Å². The summed E-state index contributed by atoms with van der Waals surface area (Å²) in [7, 11) is 2.16. The van der Waals surface area contributed by atoms with Gasteiger partial charge < -0.3 is 4.57 Å². The largest absolute Gasteiger partial charge is 0.342 e. The first-order valence-corrected chi connectivity index (χ1v) is 9.82. The fourth-order valence-electron chi connectivity index (χ4n) is 4.54. The second kappa shape index (κ2) is 5.93. The van der Waals surface area contributed by atoms with Gasteiger partial charge in [-0.15, -0.1) is 0 Å². The molecule has 0 fully saturated rings. The number of aromatic nitrogens is 2. The summed E-state index contributed by atoms with van der Waals surface area (Å²) in [6, 6.07) is 19.5. The molecule has 0 bridgehead atoms. The van der Waals surface area contributed by atoms with Gasteiger partial charge in [0.2, 0.25) is 0 Å². The lowest BCUT2D eigenvalue weighted by Gasteiger charge is -2.16. The van der Waals surface area contributed by atoms with E-state index in [0.717, 1.165) is 11.2 Å². The smallest absolute Gasteiger partial charge is 0.0955 e. The third-order valence-electron chi connectivity index (χ3n) is 6.47. The van der Waals surface area contributed by atoms with Gasteiger partial charge in [-0.05, 0) is 68.1 Å². The highest BCUT2D eigenvalue weighted by atomic mass is 15.0. The van der Waals surface area contributed by atoms with Crippen molar-refractivity contribution in [2.45, 2.75) is 27.7 Å². The molecule has 0 N–H and O–H groups in total. The first-order valence-electron chi connectivity index (χ1n) is 9.82. The molecule has 0 amide bonds. The fraction of sp³-hybridized carbons (Fsp3) is 0.192. The lowest BCUT2D eigenvalue weighted by molar-refractivity contribution is 1.01. The predicted molar refractivity (Wildman–Crippen MR) is 120 cm³/mol. The molecule has 3 aromatic carbocycles. The van der Waals surface area contributed by atoms with Crippen LogP contribution >= 0.6 is 0 Å². The van der Waals surface area contributed by atoms with Crippen molar-refractivity contribution >= 4 is 32.7 Å². The minimum atomic E-state index is 1.05. The van der Waals surface area contributed by atoms with Crippen molar-refractivity contribution in [3.63, 3.8) is 0 Å². The summed E-state index contributed by atoms with van der Waals surface area (Å²) in [6.45, 7) is 8.86. The molecule has 0 saturated carbocycles. The van der Waals surface area contributed by atoms with E-state index >= 15 is 0 Å². The Kier molecular flexibility index (Phi) is 3.60. The lowest BCUT2D eigenvalue weighted by Crippen LogP contribution is -1.99. The predicted octanol–water partition coefficient (Wildman–Crippen LogP) is 6.78. The van der Waals surface area contributed by atoms with Gasteiger partial charge >= 0.3 is 0 Å². The molecule has 28 heavy (non-hydrogen) atoms. The number of hydrogen-bond donors (Lipinski definition) is 0. The maximum Gasteiger partial charge on any atom is 0.0955 e. The third-order valence-corrected chi connectivity index (χ3v) is 6.47.